The van der Waals surface area contributed by atoms with Crippen molar-refractivity contribution in [3.8, 4) is 0 Å². The molecule has 0 saturated heterocycles. The number of amides is 1. The van der Waals surface area contributed by atoms with Crippen LogP contribution in [0.4, 0.5) is 10.3 Å². The van der Waals surface area contributed by atoms with Crippen molar-refractivity contribution >= 4 is 28.7 Å². The van der Waals surface area contributed by atoms with Gasteiger partial charge in [-0.1, -0.05) is 37.3 Å². The Morgan fingerprint density at radius 1 is 1.22 bits per heavy atom. The van der Waals surface area contributed by atoms with Gasteiger partial charge in [0.1, 0.15) is 11.9 Å². The molecule has 4 rings (SSSR count). The predicted octanol–water partition coefficient (Wildman–Crippen LogP) is 3.58. The molecule has 0 spiro atoms. The Balaban J connectivity index is 1.93. The minimum atomic E-state index is -1.09. The second-order valence-electron chi connectivity index (χ2n) is 6.22. The van der Waals surface area contributed by atoms with E-state index in [0.29, 0.717) is 11.0 Å². The van der Waals surface area contributed by atoms with Gasteiger partial charge in [0.25, 0.3) is 5.91 Å². The Bertz CT molecular complexity index is 1070. The van der Waals surface area contributed by atoms with E-state index in [9.17, 15) is 19.1 Å². The topological polar surface area (TPSA) is 86.3 Å². The van der Waals surface area contributed by atoms with E-state index in [2.05, 4.69) is 9.97 Å². The molecule has 0 bridgehead atoms. The average Bonchev–Trinajstić information content (AvgIpc) is 3.20. The van der Waals surface area contributed by atoms with Crippen LogP contribution in [0.3, 0.4) is 0 Å². The summed E-state index contributed by atoms with van der Waals surface area (Å²) in [4.78, 5) is 33.8. The molecule has 0 fully saturated rings. The summed E-state index contributed by atoms with van der Waals surface area (Å²) in [6.07, 6.45) is 0.0750. The number of hydrogen-bond acceptors (Lipinski definition) is 4. The minimum absolute atomic E-state index is 0.0750. The number of H-pyrrole nitrogens is 1. The molecule has 1 aliphatic rings. The number of nitrogens with one attached hydrogen (secondary N) is 1. The molecule has 1 aromatic heterocycles. The van der Waals surface area contributed by atoms with Crippen LogP contribution in [0.2, 0.25) is 0 Å². The van der Waals surface area contributed by atoms with Crippen LogP contribution in [0.5, 0.6) is 0 Å². The summed E-state index contributed by atoms with van der Waals surface area (Å²) in [5.41, 5.74) is 1.30. The highest BCUT2D eigenvalue weighted by molar-refractivity contribution is 6.16. The Morgan fingerprint density at radius 2 is 1.93 bits per heavy atom. The molecular formula is C20H16FN3O3. The number of Topliss-reactive ketones (excluding diaryl/α,β-unsaturated/α-hetero) is 1. The van der Waals surface area contributed by atoms with Gasteiger partial charge in [-0.25, -0.2) is 9.37 Å². The molecule has 136 valence electrons. The molecule has 27 heavy (non-hydrogen) atoms. The Hall–Kier alpha value is -3.48. The van der Waals surface area contributed by atoms with Crippen LogP contribution >= 0.6 is 0 Å². The lowest BCUT2D eigenvalue weighted by molar-refractivity contribution is -0.118. The third-order valence-corrected chi connectivity index (χ3v) is 4.63. The summed E-state index contributed by atoms with van der Waals surface area (Å²) >= 11 is 0. The van der Waals surface area contributed by atoms with Crippen molar-refractivity contribution in [1.82, 2.24) is 9.97 Å². The second-order valence-corrected chi connectivity index (χ2v) is 6.22. The molecule has 1 amide bonds. The number of carbonyl (C=O) groups excluding carboxylic acids is 2. The van der Waals surface area contributed by atoms with Crippen molar-refractivity contribution in [2.24, 2.45) is 0 Å². The molecular weight excluding hydrogens is 349 g/mol. The van der Waals surface area contributed by atoms with E-state index in [1.54, 1.807) is 31.2 Å². The highest BCUT2D eigenvalue weighted by atomic mass is 19.1. The molecule has 7 heteroatoms. The first-order valence-corrected chi connectivity index (χ1v) is 8.52. The molecule has 1 atom stereocenters. The van der Waals surface area contributed by atoms with Gasteiger partial charge in [-0.15, -0.1) is 0 Å². The molecule has 1 aliphatic heterocycles. The number of aromatic nitrogens is 2. The maximum absolute atomic E-state index is 14.5. The van der Waals surface area contributed by atoms with Crippen molar-refractivity contribution in [1.29, 1.82) is 0 Å². The van der Waals surface area contributed by atoms with E-state index < -0.39 is 29.3 Å². The number of ketones is 1. The minimum Gasteiger partial charge on any atom is -0.503 e. The molecule has 1 unspecified atom stereocenters. The summed E-state index contributed by atoms with van der Waals surface area (Å²) in [5, 5.41) is 10.4. The van der Waals surface area contributed by atoms with Crippen molar-refractivity contribution in [3.63, 3.8) is 0 Å². The van der Waals surface area contributed by atoms with Crippen LogP contribution in [0.1, 0.15) is 24.9 Å². The highest BCUT2D eigenvalue weighted by Crippen LogP contribution is 2.41. The number of imidazole rings is 1. The fraction of sp³-hybridized carbons (Fsp3) is 0.150. The maximum Gasteiger partial charge on any atom is 0.296 e. The zero-order chi connectivity index (χ0) is 19.1. The number of nitrogens with zero attached hydrogens (tertiary/aromatic N) is 2. The normalized spacial score (nSPS) is 17.2. The molecule has 2 aromatic carbocycles. The SMILES string of the molecule is CCC(=O)C1=C(O)C(=O)N(c2nc3ccccc3[nH]2)C1c1ccccc1F. The number of para-hydroxylation sites is 2. The first kappa shape index (κ1) is 17.0. The number of aromatic amines is 1. The third-order valence-electron chi connectivity index (χ3n) is 4.63. The van der Waals surface area contributed by atoms with E-state index in [0.717, 1.165) is 4.90 Å². The molecule has 0 aliphatic carbocycles. The quantitative estimate of drug-likeness (QED) is 0.740. The number of anilines is 1. The van der Waals surface area contributed by atoms with Crippen LogP contribution in [-0.4, -0.2) is 26.8 Å². The lowest BCUT2D eigenvalue weighted by atomic mass is 9.95. The Morgan fingerprint density at radius 3 is 2.63 bits per heavy atom. The standard InChI is InChI=1S/C20H16FN3O3/c1-2-15(25)16-17(11-7-3-4-8-12(11)21)24(19(27)18(16)26)20-22-13-9-5-6-10-14(13)23-20/h3-10,17,26H,2H2,1H3,(H,22,23). The largest absolute Gasteiger partial charge is 0.503 e. The summed E-state index contributed by atoms with van der Waals surface area (Å²) in [7, 11) is 0. The molecule has 2 N–H and O–H groups in total. The van der Waals surface area contributed by atoms with Crippen molar-refractivity contribution < 1.29 is 19.1 Å². The van der Waals surface area contributed by atoms with Gasteiger partial charge in [0.2, 0.25) is 5.95 Å². The van der Waals surface area contributed by atoms with Crippen molar-refractivity contribution in [2.75, 3.05) is 4.90 Å². The van der Waals surface area contributed by atoms with Crippen LogP contribution in [0.25, 0.3) is 11.0 Å². The van der Waals surface area contributed by atoms with E-state index >= 15 is 0 Å². The number of benzene rings is 2. The third kappa shape index (κ3) is 2.59. The van der Waals surface area contributed by atoms with Gasteiger partial charge < -0.3 is 10.1 Å². The molecule has 2 heterocycles. The average molecular weight is 365 g/mol. The monoisotopic (exact) mass is 365 g/mol. The summed E-state index contributed by atoms with van der Waals surface area (Å²) in [5.74, 6) is -2.32. The Kier molecular flexibility index (Phi) is 3.99. The van der Waals surface area contributed by atoms with Gasteiger partial charge in [-0.2, -0.15) is 0 Å². The molecule has 6 nitrogen and oxygen atoms in total. The van der Waals surface area contributed by atoms with Crippen molar-refractivity contribution in [3.05, 3.63) is 71.2 Å². The lowest BCUT2D eigenvalue weighted by Gasteiger charge is -2.24. The maximum atomic E-state index is 14.5. The van der Waals surface area contributed by atoms with Crippen molar-refractivity contribution in [2.45, 2.75) is 19.4 Å². The number of hydrogen-bond donors (Lipinski definition) is 2. The highest BCUT2D eigenvalue weighted by Gasteiger charge is 2.46. The van der Waals surface area contributed by atoms with Crippen LogP contribution in [-0.2, 0) is 9.59 Å². The van der Waals surface area contributed by atoms with Crippen LogP contribution < -0.4 is 4.90 Å². The first-order chi connectivity index (χ1) is 13.0. The van der Waals surface area contributed by atoms with Crippen LogP contribution in [0, 0.1) is 5.82 Å². The zero-order valence-electron chi connectivity index (χ0n) is 14.4. The van der Waals surface area contributed by atoms with E-state index in [1.807, 2.05) is 6.07 Å². The Labute approximate surface area is 154 Å². The number of aliphatic hydroxyl groups excluding tert-OH is 1. The number of halogens is 1. The van der Waals surface area contributed by atoms with Crippen LogP contribution in [0.15, 0.2) is 59.9 Å². The summed E-state index contributed by atoms with van der Waals surface area (Å²) in [6.45, 7) is 1.62. The van der Waals surface area contributed by atoms with Gasteiger partial charge in [-0.3, -0.25) is 14.5 Å². The second kappa shape index (κ2) is 6.35. The number of aliphatic hydroxyl groups is 1. The van der Waals surface area contributed by atoms with E-state index in [-0.39, 0.29) is 23.5 Å². The predicted molar refractivity (Wildman–Crippen MR) is 97.7 cm³/mol. The lowest BCUT2D eigenvalue weighted by Crippen LogP contribution is -2.32. The van der Waals surface area contributed by atoms with Gasteiger partial charge in [0, 0.05) is 12.0 Å². The fourth-order valence-electron chi connectivity index (χ4n) is 3.34. The number of fused-ring (bicyclic) bond motifs is 1. The molecule has 0 saturated carbocycles. The van der Waals surface area contributed by atoms with Gasteiger partial charge >= 0.3 is 0 Å². The van der Waals surface area contributed by atoms with Gasteiger partial charge in [-0.05, 0) is 18.2 Å². The van der Waals surface area contributed by atoms with E-state index in [1.165, 1.54) is 18.2 Å². The summed E-state index contributed by atoms with van der Waals surface area (Å²) in [6, 6.07) is 11.9. The van der Waals surface area contributed by atoms with Gasteiger partial charge in [0.15, 0.2) is 11.5 Å². The van der Waals surface area contributed by atoms with Gasteiger partial charge in [0.05, 0.1) is 16.6 Å². The number of carbonyl (C=O) groups is 2. The van der Waals surface area contributed by atoms with E-state index in [4.69, 9.17) is 0 Å². The smallest absolute Gasteiger partial charge is 0.296 e. The molecule has 3 aromatic rings. The molecule has 0 radical (unpaired) electrons. The first-order valence-electron chi connectivity index (χ1n) is 8.52. The zero-order valence-corrected chi connectivity index (χ0v) is 14.4. The number of rotatable bonds is 4. The fourth-order valence-corrected chi connectivity index (χ4v) is 3.34. The summed E-state index contributed by atoms with van der Waals surface area (Å²) < 4.78 is 14.5.